The molecule has 0 aliphatic carbocycles. The second-order valence-electron chi connectivity index (χ2n) is 6.36. The molecule has 3 N–H and O–H groups in total. The number of aliphatic hydroxyl groups is 1. The smallest absolute Gasteiger partial charge is 0.125 e. The van der Waals surface area contributed by atoms with Crippen molar-refractivity contribution < 1.29 is 9.84 Å². The first-order valence-corrected chi connectivity index (χ1v) is 8.11. The van der Waals surface area contributed by atoms with Crippen molar-refractivity contribution in [2.45, 2.75) is 53.1 Å². The number of hydrogen-bond donors (Lipinski definition) is 2. The maximum absolute atomic E-state index is 10.00. The van der Waals surface area contributed by atoms with E-state index in [0.717, 1.165) is 25.3 Å². The molecule has 130 valence electrons. The lowest BCUT2D eigenvalue weighted by molar-refractivity contribution is 0.0642. The molecule has 0 aromatic rings. The van der Waals surface area contributed by atoms with E-state index < -0.39 is 5.60 Å². The second-order valence-corrected chi connectivity index (χ2v) is 6.36. The average Bonchev–Trinajstić information content (AvgIpc) is 2.44. The second kappa shape index (κ2) is 10.8. The van der Waals surface area contributed by atoms with E-state index in [2.05, 4.69) is 23.7 Å². The van der Waals surface area contributed by atoms with Crippen molar-refractivity contribution in [2.75, 3.05) is 39.9 Å². The topological polar surface area (TPSA) is 71.1 Å². The van der Waals surface area contributed by atoms with E-state index in [-0.39, 0.29) is 0 Å². The van der Waals surface area contributed by atoms with Crippen molar-refractivity contribution in [3.8, 4) is 0 Å². The van der Waals surface area contributed by atoms with Crippen molar-refractivity contribution in [3.63, 3.8) is 0 Å². The van der Waals surface area contributed by atoms with E-state index in [4.69, 9.17) is 10.5 Å². The van der Waals surface area contributed by atoms with Crippen molar-refractivity contribution in [1.82, 2.24) is 4.90 Å². The van der Waals surface area contributed by atoms with Crippen LogP contribution in [0, 0.1) is 0 Å². The molecule has 0 spiro atoms. The fraction of sp³-hybridized carbons (Fsp3) is 0.824. The summed E-state index contributed by atoms with van der Waals surface area (Å²) < 4.78 is 5.52. The third-order valence-corrected chi connectivity index (χ3v) is 3.73. The predicted octanol–water partition coefficient (Wildman–Crippen LogP) is 2.20. The molecule has 0 fully saturated rings. The van der Waals surface area contributed by atoms with Gasteiger partial charge >= 0.3 is 0 Å². The fourth-order valence-electron chi connectivity index (χ4n) is 2.05. The Labute approximate surface area is 136 Å². The Bertz CT molecular complexity index is 371. The molecular weight excluding hydrogens is 278 g/mol. The van der Waals surface area contributed by atoms with Gasteiger partial charge in [0.25, 0.3) is 0 Å². The van der Waals surface area contributed by atoms with Gasteiger partial charge in [0.2, 0.25) is 0 Å². The van der Waals surface area contributed by atoms with E-state index in [0.29, 0.717) is 26.2 Å². The standard InChI is InChI=1S/C17H35N3O2/c1-7-22-13-16(19-6)20(11-9-17(4,5)21)12-15(3)14(2)8-10-18/h21H,7-13,18H2,1-6H3/b15-14+,19-16?. The van der Waals surface area contributed by atoms with Crippen molar-refractivity contribution in [1.29, 1.82) is 0 Å². The van der Waals surface area contributed by atoms with Crippen molar-refractivity contribution in [2.24, 2.45) is 10.7 Å². The normalized spacial score (nSPS) is 14.1. The number of rotatable bonds is 10. The molecule has 0 radical (unpaired) electrons. The third-order valence-electron chi connectivity index (χ3n) is 3.73. The van der Waals surface area contributed by atoms with Gasteiger partial charge in [-0.2, -0.15) is 0 Å². The van der Waals surface area contributed by atoms with Gasteiger partial charge in [-0.25, -0.2) is 0 Å². The number of ether oxygens (including phenoxy) is 1. The molecule has 0 aromatic carbocycles. The monoisotopic (exact) mass is 313 g/mol. The molecule has 0 amide bonds. The molecule has 22 heavy (non-hydrogen) atoms. The molecule has 0 bridgehead atoms. The summed E-state index contributed by atoms with van der Waals surface area (Å²) in [6.07, 6.45) is 1.59. The van der Waals surface area contributed by atoms with E-state index in [1.807, 2.05) is 20.8 Å². The van der Waals surface area contributed by atoms with Gasteiger partial charge < -0.3 is 20.5 Å². The van der Waals surface area contributed by atoms with Gasteiger partial charge in [0, 0.05) is 26.7 Å². The van der Waals surface area contributed by atoms with Crippen LogP contribution in [0.1, 0.15) is 47.5 Å². The molecule has 5 heteroatoms. The highest BCUT2D eigenvalue weighted by Gasteiger charge is 2.18. The summed E-state index contributed by atoms with van der Waals surface area (Å²) in [5.74, 6) is 0.922. The van der Waals surface area contributed by atoms with E-state index in [1.165, 1.54) is 11.1 Å². The van der Waals surface area contributed by atoms with Crippen LogP contribution in [-0.2, 0) is 4.74 Å². The summed E-state index contributed by atoms with van der Waals surface area (Å²) in [6.45, 7) is 13.3. The van der Waals surface area contributed by atoms with Crippen LogP contribution >= 0.6 is 0 Å². The molecule has 0 aliphatic rings. The molecular formula is C17H35N3O2. The Hall–Kier alpha value is -0.910. The maximum Gasteiger partial charge on any atom is 0.125 e. The van der Waals surface area contributed by atoms with Gasteiger partial charge in [0.15, 0.2) is 0 Å². The largest absolute Gasteiger partial charge is 0.390 e. The zero-order valence-electron chi connectivity index (χ0n) is 15.3. The summed E-state index contributed by atoms with van der Waals surface area (Å²) >= 11 is 0. The predicted molar refractivity (Wildman–Crippen MR) is 94.4 cm³/mol. The number of hydrogen-bond acceptors (Lipinski definition) is 4. The van der Waals surface area contributed by atoms with Gasteiger partial charge in [-0.1, -0.05) is 11.1 Å². The number of nitrogens with zero attached hydrogens (tertiary/aromatic N) is 2. The quantitative estimate of drug-likeness (QED) is 0.368. The first-order chi connectivity index (χ1) is 10.2. The SMILES string of the molecule is CCOCC(=NC)N(CCC(C)(C)O)C/C(C)=C(\C)CCN. The van der Waals surface area contributed by atoms with E-state index in [1.54, 1.807) is 7.05 Å². The Morgan fingerprint density at radius 3 is 2.36 bits per heavy atom. The van der Waals surface area contributed by atoms with Crippen LogP contribution in [0.2, 0.25) is 0 Å². The van der Waals surface area contributed by atoms with Crippen LogP contribution in [-0.4, -0.2) is 61.3 Å². The minimum Gasteiger partial charge on any atom is -0.390 e. The number of amidine groups is 1. The van der Waals surface area contributed by atoms with Gasteiger partial charge in [0.1, 0.15) is 12.4 Å². The van der Waals surface area contributed by atoms with Crippen LogP contribution in [0.5, 0.6) is 0 Å². The Kier molecular flexibility index (Phi) is 10.3. The minimum absolute atomic E-state index is 0.502. The number of aliphatic imine (C=N–C) groups is 1. The Balaban J connectivity index is 5.03. The molecule has 0 atom stereocenters. The lowest BCUT2D eigenvalue weighted by Gasteiger charge is -2.30. The van der Waals surface area contributed by atoms with Crippen LogP contribution in [0.4, 0.5) is 0 Å². The summed E-state index contributed by atoms with van der Waals surface area (Å²) in [6, 6.07) is 0. The molecule has 0 saturated carbocycles. The highest BCUT2D eigenvalue weighted by atomic mass is 16.5. The molecule has 0 unspecified atom stereocenters. The first-order valence-electron chi connectivity index (χ1n) is 8.11. The van der Waals surface area contributed by atoms with Gasteiger partial charge in [-0.3, -0.25) is 4.99 Å². The van der Waals surface area contributed by atoms with Gasteiger partial charge in [0.05, 0.1) is 5.60 Å². The molecule has 0 heterocycles. The third kappa shape index (κ3) is 9.18. The highest BCUT2D eigenvalue weighted by molar-refractivity contribution is 5.83. The highest BCUT2D eigenvalue weighted by Crippen LogP contribution is 2.13. The van der Waals surface area contributed by atoms with Crippen LogP contribution in [0.3, 0.4) is 0 Å². The molecule has 0 aliphatic heterocycles. The van der Waals surface area contributed by atoms with Gasteiger partial charge in [-0.05, 0) is 54.0 Å². The fourth-order valence-corrected chi connectivity index (χ4v) is 2.05. The maximum atomic E-state index is 10.00. The lowest BCUT2D eigenvalue weighted by atomic mass is 10.0. The summed E-state index contributed by atoms with van der Waals surface area (Å²) in [4.78, 5) is 6.57. The molecule has 0 saturated heterocycles. The summed E-state index contributed by atoms with van der Waals surface area (Å²) in [7, 11) is 1.79. The summed E-state index contributed by atoms with van der Waals surface area (Å²) in [5.41, 5.74) is 7.58. The molecule has 0 aromatic heterocycles. The summed E-state index contributed by atoms with van der Waals surface area (Å²) in [5, 5.41) is 10.00. The number of nitrogens with two attached hydrogens (primary N) is 1. The van der Waals surface area contributed by atoms with Gasteiger partial charge in [-0.15, -0.1) is 0 Å². The van der Waals surface area contributed by atoms with Crippen molar-refractivity contribution >= 4 is 5.84 Å². The van der Waals surface area contributed by atoms with Crippen LogP contribution in [0.25, 0.3) is 0 Å². The first kappa shape index (κ1) is 21.1. The van der Waals surface area contributed by atoms with E-state index >= 15 is 0 Å². The average molecular weight is 313 g/mol. The minimum atomic E-state index is -0.688. The van der Waals surface area contributed by atoms with Crippen molar-refractivity contribution in [3.05, 3.63) is 11.1 Å². The molecule has 0 rings (SSSR count). The zero-order valence-corrected chi connectivity index (χ0v) is 15.3. The Morgan fingerprint density at radius 2 is 1.91 bits per heavy atom. The van der Waals surface area contributed by atoms with E-state index in [9.17, 15) is 5.11 Å². The zero-order chi connectivity index (χ0) is 17.2. The van der Waals surface area contributed by atoms with Crippen LogP contribution < -0.4 is 5.73 Å². The lowest BCUT2D eigenvalue weighted by Crippen LogP contribution is -2.39. The Morgan fingerprint density at radius 1 is 1.27 bits per heavy atom. The van der Waals surface area contributed by atoms with Crippen LogP contribution in [0.15, 0.2) is 16.1 Å². The molecule has 5 nitrogen and oxygen atoms in total.